The summed E-state index contributed by atoms with van der Waals surface area (Å²) in [6, 6.07) is 0. The molecule has 104 valence electrons. The van der Waals surface area contributed by atoms with Crippen LogP contribution in [0.4, 0.5) is 13.2 Å². The van der Waals surface area contributed by atoms with Crippen LogP contribution in [0.25, 0.3) is 0 Å². The zero-order chi connectivity index (χ0) is 13.1. The van der Waals surface area contributed by atoms with Gasteiger partial charge in [0.15, 0.2) is 0 Å². The molecule has 0 unspecified atom stereocenters. The molecular formula is C10H21F3N2O2. The minimum Gasteiger partial charge on any atom is -0.383 e. The van der Waals surface area contributed by atoms with Crippen LogP contribution in [-0.2, 0) is 9.47 Å². The van der Waals surface area contributed by atoms with Gasteiger partial charge >= 0.3 is 6.18 Å². The summed E-state index contributed by atoms with van der Waals surface area (Å²) >= 11 is 0. The Balaban J connectivity index is 3.26. The average Bonchev–Trinajstić information content (AvgIpc) is 2.23. The Morgan fingerprint density at radius 3 is 2.41 bits per heavy atom. The fourth-order valence-electron chi connectivity index (χ4n) is 1.09. The van der Waals surface area contributed by atoms with Crippen molar-refractivity contribution in [2.24, 2.45) is 0 Å². The predicted molar refractivity (Wildman–Crippen MR) is 59.1 cm³/mol. The van der Waals surface area contributed by atoms with Gasteiger partial charge in [0, 0.05) is 33.3 Å². The Morgan fingerprint density at radius 1 is 1.12 bits per heavy atom. The summed E-state index contributed by atoms with van der Waals surface area (Å²) in [5.74, 6) is 0. The van der Waals surface area contributed by atoms with Gasteiger partial charge in [0.1, 0.15) is 6.61 Å². The minimum absolute atomic E-state index is 0.0914. The van der Waals surface area contributed by atoms with Crippen molar-refractivity contribution in [2.45, 2.75) is 6.18 Å². The van der Waals surface area contributed by atoms with Crippen LogP contribution in [0.2, 0.25) is 0 Å². The average molecular weight is 258 g/mol. The molecule has 0 heterocycles. The van der Waals surface area contributed by atoms with Gasteiger partial charge in [0.2, 0.25) is 0 Å². The molecule has 0 aromatic rings. The van der Waals surface area contributed by atoms with Crippen molar-refractivity contribution in [3.63, 3.8) is 0 Å². The number of ether oxygens (including phenoxy) is 2. The maximum Gasteiger partial charge on any atom is 0.411 e. The van der Waals surface area contributed by atoms with Crippen LogP contribution < -0.4 is 5.32 Å². The molecule has 0 rings (SSSR count). The van der Waals surface area contributed by atoms with E-state index in [1.54, 1.807) is 7.11 Å². The lowest BCUT2D eigenvalue weighted by Gasteiger charge is -2.17. The lowest BCUT2D eigenvalue weighted by atomic mass is 10.5. The molecule has 0 bridgehead atoms. The van der Waals surface area contributed by atoms with E-state index in [1.807, 2.05) is 11.9 Å². The van der Waals surface area contributed by atoms with Gasteiger partial charge in [-0.3, -0.25) is 0 Å². The van der Waals surface area contributed by atoms with Crippen molar-refractivity contribution >= 4 is 0 Å². The molecular weight excluding hydrogens is 237 g/mol. The van der Waals surface area contributed by atoms with Crippen molar-refractivity contribution < 1.29 is 22.6 Å². The van der Waals surface area contributed by atoms with Crippen molar-refractivity contribution in [2.75, 3.05) is 60.2 Å². The Bertz CT molecular complexity index is 179. The second-order valence-corrected chi connectivity index (χ2v) is 3.71. The van der Waals surface area contributed by atoms with Crippen LogP contribution in [-0.4, -0.2) is 71.2 Å². The highest BCUT2D eigenvalue weighted by molar-refractivity contribution is 4.55. The zero-order valence-electron chi connectivity index (χ0n) is 10.3. The number of halogens is 3. The van der Waals surface area contributed by atoms with E-state index >= 15 is 0 Å². The summed E-state index contributed by atoms with van der Waals surface area (Å²) in [5.41, 5.74) is 0. The Labute approximate surface area is 100 Å². The summed E-state index contributed by atoms with van der Waals surface area (Å²) in [6.45, 7) is 2.37. The predicted octanol–water partition coefficient (Wildman–Crippen LogP) is 0.733. The molecule has 0 saturated heterocycles. The van der Waals surface area contributed by atoms with E-state index < -0.39 is 12.8 Å². The van der Waals surface area contributed by atoms with E-state index in [0.717, 1.165) is 19.6 Å². The summed E-state index contributed by atoms with van der Waals surface area (Å²) in [6.07, 6.45) is -4.24. The zero-order valence-corrected chi connectivity index (χ0v) is 10.3. The summed E-state index contributed by atoms with van der Waals surface area (Å²) in [7, 11) is 3.47. The number of alkyl halides is 3. The van der Waals surface area contributed by atoms with Gasteiger partial charge < -0.3 is 19.7 Å². The molecule has 0 aromatic heterocycles. The fraction of sp³-hybridized carbons (Fsp3) is 1.00. The smallest absolute Gasteiger partial charge is 0.383 e. The highest BCUT2D eigenvalue weighted by atomic mass is 19.4. The molecule has 0 fully saturated rings. The Kier molecular flexibility index (Phi) is 9.43. The number of methoxy groups -OCH3 is 1. The van der Waals surface area contributed by atoms with E-state index in [9.17, 15) is 13.2 Å². The van der Waals surface area contributed by atoms with E-state index in [1.165, 1.54) is 0 Å². The molecule has 0 amide bonds. The number of nitrogens with one attached hydrogen (secondary N) is 1. The summed E-state index contributed by atoms with van der Waals surface area (Å²) in [5, 5.41) is 3.14. The van der Waals surface area contributed by atoms with Crippen molar-refractivity contribution in [1.82, 2.24) is 10.2 Å². The first-order valence-corrected chi connectivity index (χ1v) is 5.48. The van der Waals surface area contributed by atoms with Gasteiger partial charge in [-0.1, -0.05) is 0 Å². The summed E-state index contributed by atoms with van der Waals surface area (Å²) in [4.78, 5) is 1.91. The van der Waals surface area contributed by atoms with Gasteiger partial charge in [-0.25, -0.2) is 0 Å². The second-order valence-electron chi connectivity index (χ2n) is 3.71. The van der Waals surface area contributed by atoms with E-state index in [-0.39, 0.29) is 6.61 Å². The molecule has 0 aromatic carbocycles. The minimum atomic E-state index is -4.24. The van der Waals surface area contributed by atoms with Crippen LogP contribution in [0, 0.1) is 0 Å². The van der Waals surface area contributed by atoms with Crippen molar-refractivity contribution in [3.05, 3.63) is 0 Å². The van der Waals surface area contributed by atoms with E-state index in [0.29, 0.717) is 13.2 Å². The van der Waals surface area contributed by atoms with Gasteiger partial charge in [0.05, 0.1) is 13.2 Å². The third-order valence-corrected chi connectivity index (χ3v) is 2.04. The second kappa shape index (κ2) is 9.64. The Hall–Kier alpha value is -0.370. The molecule has 0 radical (unpaired) electrons. The molecule has 4 nitrogen and oxygen atoms in total. The van der Waals surface area contributed by atoms with Gasteiger partial charge in [-0.05, 0) is 7.05 Å². The van der Waals surface area contributed by atoms with Crippen LogP contribution in [0.5, 0.6) is 0 Å². The monoisotopic (exact) mass is 258 g/mol. The number of rotatable bonds is 10. The highest BCUT2D eigenvalue weighted by Crippen LogP contribution is 2.13. The molecule has 0 aliphatic rings. The number of hydrogen-bond donors (Lipinski definition) is 1. The molecule has 0 aliphatic carbocycles. The molecule has 0 aliphatic heterocycles. The van der Waals surface area contributed by atoms with Gasteiger partial charge in [0.25, 0.3) is 0 Å². The molecule has 7 heteroatoms. The third-order valence-electron chi connectivity index (χ3n) is 2.04. The lowest BCUT2D eigenvalue weighted by molar-refractivity contribution is -0.174. The topological polar surface area (TPSA) is 33.7 Å². The molecule has 1 N–H and O–H groups in total. The van der Waals surface area contributed by atoms with Crippen LogP contribution in [0.1, 0.15) is 0 Å². The normalized spacial score (nSPS) is 12.4. The standard InChI is InChI=1S/C10H21F3N2O2/c1-15(5-3-14-4-7-16-2)6-8-17-9-10(11,12)13/h14H,3-9H2,1-2H3. The first kappa shape index (κ1) is 16.6. The van der Waals surface area contributed by atoms with Crippen molar-refractivity contribution in [1.29, 1.82) is 0 Å². The van der Waals surface area contributed by atoms with Crippen molar-refractivity contribution in [3.8, 4) is 0 Å². The van der Waals surface area contributed by atoms with Crippen LogP contribution in [0.3, 0.4) is 0 Å². The highest BCUT2D eigenvalue weighted by Gasteiger charge is 2.27. The third kappa shape index (κ3) is 13.6. The first-order valence-electron chi connectivity index (χ1n) is 5.48. The summed E-state index contributed by atoms with van der Waals surface area (Å²) < 4.78 is 44.6. The largest absolute Gasteiger partial charge is 0.411 e. The number of likely N-dealkylation sites (N-methyl/N-ethyl adjacent to an activating group) is 1. The maximum atomic E-state index is 11.7. The SMILES string of the molecule is COCCNCCN(C)CCOCC(F)(F)F. The fourth-order valence-corrected chi connectivity index (χ4v) is 1.09. The molecule has 17 heavy (non-hydrogen) atoms. The van der Waals surface area contributed by atoms with Gasteiger partial charge in [-0.15, -0.1) is 0 Å². The van der Waals surface area contributed by atoms with E-state index in [4.69, 9.17) is 4.74 Å². The number of hydrogen-bond acceptors (Lipinski definition) is 4. The quantitative estimate of drug-likeness (QED) is 0.586. The van der Waals surface area contributed by atoms with Crippen LogP contribution >= 0.6 is 0 Å². The van der Waals surface area contributed by atoms with Crippen LogP contribution in [0.15, 0.2) is 0 Å². The maximum absolute atomic E-state index is 11.7. The molecule has 0 atom stereocenters. The first-order chi connectivity index (χ1) is 7.95. The van der Waals surface area contributed by atoms with E-state index in [2.05, 4.69) is 10.1 Å². The number of nitrogens with zero attached hydrogens (tertiary/aromatic N) is 1. The van der Waals surface area contributed by atoms with Gasteiger partial charge in [-0.2, -0.15) is 13.2 Å². The Morgan fingerprint density at radius 2 is 1.82 bits per heavy atom. The molecule has 0 spiro atoms. The molecule has 0 saturated carbocycles. The lowest BCUT2D eigenvalue weighted by Crippen LogP contribution is -2.33.